The Morgan fingerprint density at radius 2 is 2.07 bits per heavy atom. The van der Waals surface area contributed by atoms with Crippen LogP contribution >= 0.6 is 11.6 Å². The van der Waals surface area contributed by atoms with E-state index in [0.29, 0.717) is 5.88 Å². The minimum atomic E-state index is -0.408. The first kappa shape index (κ1) is 11.5. The molecule has 4 heteroatoms. The highest BCUT2D eigenvalue weighted by Gasteiger charge is 2.07. The van der Waals surface area contributed by atoms with Crippen molar-refractivity contribution >= 4 is 17.6 Å². The van der Waals surface area contributed by atoms with Crippen molar-refractivity contribution in [2.24, 2.45) is 0 Å². The lowest BCUT2D eigenvalue weighted by Crippen LogP contribution is -2.09. The van der Waals surface area contributed by atoms with E-state index in [0.717, 1.165) is 11.1 Å². The summed E-state index contributed by atoms with van der Waals surface area (Å²) >= 11 is 5.72. The Morgan fingerprint density at radius 3 is 2.67 bits per heavy atom. The first-order valence-corrected chi connectivity index (χ1v) is 4.96. The normalized spacial score (nSPS) is 9.33. The topological polar surface area (TPSA) is 50.1 Å². The Hall–Kier alpha value is -1.53. The molecule has 1 rings (SSSR count). The highest BCUT2D eigenvalue weighted by Crippen LogP contribution is 2.12. The van der Waals surface area contributed by atoms with Gasteiger partial charge in [-0.05, 0) is 11.1 Å². The van der Waals surface area contributed by atoms with Crippen LogP contribution in [-0.2, 0) is 21.8 Å². The lowest BCUT2D eigenvalue weighted by molar-refractivity contribution is -0.141. The molecular weight excluding hydrogens is 214 g/mol. The quantitative estimate of drug-likeness (QED) is 0.580. The first-order valence-electron chi connectivity index (χ1n) is 4.43. The van der Waals surface area contributed by atoms with Crippen LogP contribution in [-0.4, -0.2) is 12.6 Å². The molecule has 3 nitrogen and oxygen atoms in total. The Balaban J connectivity index is 2.64. The molecule has 1 aromatic carbocycles. The van der Waals surface area contributed by atoms with Gasteiger partial charge in [-0.15, -0.1) is 11.6 Å². The van der Waals surface area contributed by atoms with Crippen LogP contribution in [0.1, 0.15) is 11.1 Å². The van der Waals surface area contributed by atoms with Crippen molar-refractivity contribution in [1.29, 1.82) is 5.26 Å². The molecule has 0 aromatic heterocycles. The molecule has 15 heavy (non-hydrogen) atoms. The van der Waals surface area contributed by atoms with Gasteiger partial charge in [-0.2, -0.15) is 5.26 Å². The van der Waals surface area contributed by atoms with Crippen molar-refractivity contribution in [2.45, 2.75) is 12.3 Å². The highest BCUT2D eigenvalue weighted by atomic mass is 35.5. The van der Waals surface area contributed by atoms with Gasteiger partial charge in [0.25, 0.3) is 0 Å². The smallest absolute Gasteiger partial charge is 0.311 e. The van der Waals surface area contributed by atoms with Gasteiger partial charge in [0.2, 0.25) is 0 Å². The predicted molar refractivity (Wildman–Crippen MR) is 56.3 cm³/mol. The van der Waals surface area contributed by atoms with Gasteiger partial charge >= 0.3 is 5.97 Å². The van der Waals surface area contributed by atoms with E-state index < -0.39 is 5.97 Å². The largest absolute Gasteiger partial charge is 0.450 e. The van der Waals surface area contributed by atoms with E-state index in [-0.39, 0.29) is 13.0 Å². The first-order chi connectivity index (χ1) is 7.27. The van der Waals surface area contributed by atoms with E-state index >= 15 is 0 Å². The molecule has 0 N–H and O–H groups in total. The minimum absolute atomic E-state index is 0.157. The van der Waals surface area contributed by atoms with E-state index in [1.54, 1.807) is 6.07 Å². The molecule has 0 fully saturated rings. The average Bonchev–Trinajstić information content (AvgIpc) is 2.27. The van der Waals surface area contributed by atoms with Crippen LogP contribution < -0.4 is 0 Å². The average molecular weight is 224 g/mol. The second-order valence-electron chi connectivity index (χ2n) is 2.90. The summed E-state index contributed by atoms with van der Waals surface area (Å²) in [6.45, 7) is -0.206. The van der Waals surface area contributed by atoms with Gasteiger partial charge in [0.05, 0.1) is 6.42 Å². The number of alkyl halides is 1. The summed E-state index contributed by atoms with van der Waals surface area (Å²) in [7, 11) is 0. The van der Waals surface area contributed by atoms with Gasteiger partial charge in [0.15, 0.2) is 6.61 Å². The molecular formula is C11H10ClNO2. The lowest BCUT2D eigenvalue weighted by atomic mass is 10.1. The van der Waals surface area contributed by atoms with Crippen LogP contribution in [0.2, 0.25) is 0 Å². The molecule has 0 heterocycles. The third-order valence-corrected chi connectivity index (χ3v) is 2.18. The summed E-state index contributed by atoms with van der Waals surface area (Å²) in [5.74, 6) is -0.0454. The van der Waals surface area contributed by atoms with Crippen LogP contribution in [0, 0.1) is 11.3 Å². The second-order valence-corrected chi connectivity index (χ2v) is 3.17. The molecule has 0 saturated carbocycles. The molecule has 0 aliphatic carbocycles. The summed E-state index contributed by atoms with van der Waals surface area (Å²) < 4.78 is 4.65. The zero-order valence-corrected chi connectivity index (χ0v) is 8.83. The molecule has 1 aromatic rings. The number of benzene rings is 1. The van der Waals surface area contributed by atoms with Gasteiger partial charge in [0, 0.05) is 5.88 Å². The van der Waals surface area contributed by atoms with Gasteiger partial charge in [0.1, 0.15) is 6.07 Å². The zero-order chi connectivity index (χ0) is 11.1. The lowest BCUT2D eigenvalue weighted by Gasteiger charge is -2.05. The second kappa shape index (κ2) is 6.05. The molecule has 0 radical (unpaired) electrons. The number of hydrogen-bond donors (Lipinski definition) is 0. The van der Waals surface area contributed by atoms with Crippen LogP contribution in [0.4, 0.5) is 0 Å². The predicted octanol–water partition coefficient (Wildman–Crippen LogP) is 2.03. The van der Waals surface area contributed by atoms with E-state index in [1.807, 2.05) is 24.3 Å². The number of rotatable bonds is 4. The fourth-order valence-electron chi connectivity index (χ4n) is 1.18. The molecule has 0 unspecified atom stereocenters. The Kier molecular flexibility index (Phi) is 4.65. The van der Waals surface area contributed by atoms with Crippen LogP contribution in [0.15, 0.2) is 24.3 Å². The van der Waals surface area contributed by atoms with Crippen molar-refractivity contribution in [1.82, 2.24) is 0 Å². The van der Waals surface area contributed by atoms with Crippen molar-refractivity contribution < 1.29 is 9.53 Å². The van der Waals surface area contributed by atoms with Gasteiger partial charge in [-0.3, -0.25) is 4.79 Å². The SMILES string of the molecule is N#CCOC(=O)Cc1ccccc1CCl. The van der Waals surface area contributed by atoms with Crippen LogP contribution in [0.3, 0.4) is 0 Å². The van der Waals surface area contributed by atoms with Crippen LogP contribution in [0.5, 0.6) is 0 Å². The number of carbonyl (C=O) groups is 1. The van der Waals surface area contributed by atoms with Gasteiger partial charge in [-0.1, -0.05) is 24.3 Å². The molecule has 0 aliphatic heterocycles. The number of halogens is 1. The Labute approximate surface area is 93.2 Å². The molecule has 78 valence electrons. The number of ether oxygens (including phenoxy) is 1. The summed E-state index contributed by atoms with van der Waals surface area (Å²) in [5.41, 5.74) is 1.75. The Morgan fingerprint density at radius 1 is 1.40 bits per heavy atom. The molecule has 0 aliphatic rings. The minimum Gasteiger partial charge on any atom is -0.450 e. The molecule has 0 atom stereocenters. The Bertz CT molecular complexity index is 384. The van der Waals surface area contributed by atoms with E-state index in [9.17, 15) is 4.79 Å². The maximum Gasteiger partial charge on any atom is 0.311 e. The number of esters is 1. The highest BCUT2D eigenvalue weighted by molar-refractivity contribution is 6.17. The standard InChI is InChI=1S/C11H10ClNO2/c12-8-10-4-2-1-3-9(10)7-11(14)15-6-5-13/h1-4H,6-8H2. The van der Waals surface area contributed by atoms with Crippen molar-refractivity contribution in [3.8, 4) is 6.07 Å². The van der Waals surface area contributed by atoms with E-state index in [1.165, 1.54) is 0 Å². The van der Waals surface area contributed by atoms with Gasteiger partial charge in [-0.25, -0.2) is 0 Å². The number of nitriles is 1. The fourth-order valence-corrected chi connectivity index (χ4v) is 1.44. The maximum absolute atomic E-state index is 11.2. The molecule has 0 saturated heterocycles. The van der Waals surface area contributed by atoms with Crippen molar-refractivity contribution in [3.05, 3.63) is 35.4 Å². The maximum atomic E-state index is 11.2. The van der Waals surface area contributed by atoms with Crippen molar-refractivity contribution in [3.63, 3.8) is 0 Å². The fraction of sp³-hybridized carbons (Fsp3) is 0.273. The molecule has 0 amide bonds. The zero-order valence-electron chi connectivity index (χ0n) is 8.07. The molecule has 0 bridgehead atoms. The summed E-state index contributed by atoms with van der Waals surface area (Å²) in [6.07, 6.45) is 0.157. The van der Waals surface area contributed by atoms with Gasteiger partial charge < -0.3 is 4.74 Å². The third-order valence-electron chi connectivity index (χ3n) is 1.89. The monoisotopic (exact) mass is 223 g/mol. The van der Waals surface area contributed by atoms with Crippen LogP contribution in [0.25, 0.3) is 0 Å². The third kappa shape index (κ3) is 3.61. The molecule has 0 spiro atoms. The number of nitrogens with zero attached hydrogens (tertiary/aromatic N) is 1. The van der Waals surface area contributed by atoms with E-state index in [4.69, 9.17) is 16.9 Å². The summed E-state index contributed by atoms with van der Waals surface area (Å²) in [5, 5.41) is 8.23. The van der Waals surface area contributed by atoms with Crippen molar-refractivity contribution in [2.75, 3.05) is 6.61 Å². The van der Waals surface area contributed by atoms with E-state index in [2.05, 4.69) is 4.74 Å². The summed E-state index contributed by atoms with van der Waals surface area (Å²) in [4.78, 5) is 11.2. The summed E-state index contributed by atoms with van der Waals surface area (Å²) in [6, 6.07) is 9.13. The number of hydrogen-bond acceptors (Lipinski definition) is 3. The number of carbonyl (C=O) groups excluding carboxylic acids is 1.